The molecule has 0 aromatic heterocycles. The minimum absolute atomic E-state index is 0.563. The first-order valence-corrected chi connectivity index (χ1v) is 13.2. The standard InChI is InChI=1S/C30H42/c1-19(2)25-10-28(11-25,12-25)22-7-23(29-13-26(14-29,15-29)20(3)4)9-24(8-22)30-16-27(17-30,18-30)21(5)6/h7-9,19-21H,10-18H2,1-6H3. The summed E-state index contributed by atoms with van der Waals surface area (Å²) in [6.07, 6.45) is 13.3. The third kappa shape index (κ3) is 1.83. The van der Waals surface area contributed by atoms with E-state index in [1.807, 2.05) is 0 Å². The molecule has 0 atom stereocenters. The van der Waals surface area contributed by atoms with Gasteiger partial charge >= 0.3 is 0 Å². The first kappa shape index (κ1) is 18.8. The molecule has 1 aromatic rings. The maximum atomic E-state index is 2.74. The smallest absolute Gasteiger partial charge is 0.00306 e. The summed E-state index contributed by atoms with van der Waals surface area (Å²) in [6.45, 7) is 14.8. The van der Waals surface area contributed by atoms with Crippen molar-refractivity contribution in [3.05, 3.63) is 34.9 Å². The molecule has 9 aliphatic carbocycles. The molecule has 9 fully saturated rings. The summed E-state index contributed by atoms with van der Waals surface area (Å²) in [6, 6.07) is 8.21. The monoisotopic (exact) mass is 402 g/mol. The summed E-state index contributed by atoms with van der Waals surface area (Å²) in [7, 11) is 0. The average molecular weight is 403 g/mol. The second kappa shape index (κ2) is 4.92. The van der Waals surface area contributed by atoms with Crippen LogP contribution in [0.1, 0.15) is 116 Å². The largest absolute Gasteiger partial charge is 0.0622 e. The first-order chi connectivity index (χ1) is 14.0. The van der Waals surface area contributed by atoms with Gasteiger partial charge in [-0.25, -0.2) is 0 Å². The Kier molecular flexibility index (Phi) is 3.07. The molecule has 1 aromatic carbocycles. The van der Waals surface area contributed by atoms with E-state index < -0.39 is 0 Å². The van der Waals surface area contributed by atoms with Crippen LogP contribution in [0.4, 0.5) is 0 Å². The molecule has 0 amide bonds. The van der Waals surface area contributed by atoms with Crippen LogP contribution in [-0.2, 0) is 16.2 Å². The zero-order valence-electron chi connectivity index (χ0n) is 20.3. The van der Waals surface area contributed by atoms with E-state index in [0.717, 1.165) is 17.8 Å². The lowest BCUT2D eigenvalue weighted by atomic mass is 9.28. The minimum Gasteiger partial charge on any atom is -0.0622 e. The Morgan fingerprint density at radius 1 is 0.433 bits per heavy atom. The van der Waals surface area contributed by atoms with Crippen molar-refractivity contribution in [1.82, 2.24) is 0 Å². The molecule has 9 saturated carbocycles. The van der Waals surface area contributed by atoms with Crippen molar-refractivity contribution in [2.45, 2.75) is 116 Å². The Morgan fingerprint density at radius 3 is 0.800 bits per heavy atom. The highest BCUT2D eigenvalue weighted by Crippen LogP contribution is 2.80. The van der Waals surface area contributed by atoms with Gasteiger partial charge in [-0.05, 0) is 125 Å². The van der Waals surface area contributed by atoms with Crippen LogP contribution in [0, 0.1) is 34.0 Å². The SMILES string of the molecule is CC(C)C12CC(c3cc(C45CC(C(C)C)(C4)C5)cc(C45CC(C(C)C)(C4)C5)c3)(C1)C2. The molecule has 162 valence electrons. The van der Waals surface area contributed by atoms with E-state index in [1.165, 1.54) is 57.8 Å². The van der Waals surface area contributed by atoms with E-state index in [-0.39, 0.29) is 0 Å². The van der Waals surface area contributed by atoms with Crippen LogP contribution in [0.3, 0.4) is 0 Å². The second-order valence-electron chi connectivity index (χ2n) is 14.8. The summed E-state index contributed by atoms with van der Waals surface area (Å²) < 4.78 is 0. The van der Waals surface area contributed by atoms with Crippen molar-refractivity contribution in [3.63, 3.8) is 0 Å². The highest BCUT2D eigenvalue weighted by Gasteiger charge is 2.72. The lowest BCUT2D eigenvalue weighted by Gasteiger charge is -2.76. The van der Waals surface area contributed by atoms with E-state index in [0.29, 0.717) is 32.5 Å². The first-order valence-electron chi connectivity index (χ1n) is 13.2. The predicted molar refractivity (Wildman–Crippen MR) is 125 cm³/mol. The van der Waals surface area contributed by atoms with Gasteiger partial charge in [0.15, 0.2) is 0 Å². The molecule has 0 N–H and O–H groups in total. The van der Waals surface area contributed by atoms with Crippen molar-refractivity contribution >= 4 is 0 Å². The van der Waals surface area contributed by atoms with Crippen molar-refractivity contribution in [2.24, 2.45) is 34.0 Å². The normalized spacial score (nSPS) is 51.5. The van der Waals surface area contributed by atoms with Gasteiger partial charge in [-0.3, -0.25) is 0 Å². The van der Waals surface area contributed by atoms with E-state index in [1.54, 1.807) is 16.7 Å². The lowest BCUT2D eigenvalue weighted by Crippen LogP contribution is -2.69. The molecule has 0 spiro atoms. The van der Waals surface area contributed by atoms with Gasteiger partial charge in [0, 0.05) is 0 Å². The zero-order valence-corrected chi connectivity index (χ0v) is 20.3. The lowest BCUT2D eigenvalue weighted by molar-refractivity contribution is -0.179. The van der Waals surface area contributed by atoms with Crippen LogP contribution in [0.15, 0.2) is 18.2 Å². The number of rotatable bonds is 6. The topological polar surface area (TPSA) is 0 Å². The maximum absolute atomic E-state index is 2.74. The highest BCUT2D eigenvalue weighted by atomic mass is 14.8. The summed E-state index contributed by atoms with van der Waals surface area (Å²) in [5.41, 5.74) is 9.09. The molecule has 30 heavy (non-hydrogen) atoms. The molecule has 0 saturated heterocycles. The molecule has 0 radical (unpaired) electrons. The number of hydrogen-bond acceptors (Lipinski definition) is 0. The second-order valence-corrected chi connectivity index (χ2v) is 14.8. The maximum Gasteiger partial charge on any atom is -0.00306 e. The molecule has 0 heteroatoms. The van der Waals surface area contributed by atoms with Gasteiger partial charge in [-0.2, -0.15) is 0 Å². The Labute approximate surface area is 184 Å². The quantitative estimate of drug-likeness (QED) is 0.453. The van der Waals surface area contributed by atoms with Crippen LogP contribution in [-0.4, -0.2) is 0 Å². The van der Waals surface area contributed by atoms with Crippen molar-refractivity contribution in [1.29, 1.82) is 0 Å². The van der Waals surface area contributed by atoms with Gasteiger partial charge in [0.2, 0.25) is 0 Å². The van der Waals surface area contributed by atoms with Crippen LogP contribution >= 0.6 is 0 Å². The Bertz CT molecular complexity index is 761. The molecule has 9 aliphatic rings. The van der Waals surface area contributed by atoms with E-state index >= 15 is 0 Å². The van der Waals surface area contributed by atoms with Gasteiger partial charge in [0.1, 0.15) is 0 Å². The summed E-state index contributed by atoms with van der Waals surface area (Å²) in [5, 5.41) is 0. The summed E-state index contributed by atoms with van der Waals surface area (Å²) >= 11 is 0. The van der Waals surface area contributed by atoms with Crippen molar-refractivity contribution < 1.29 is 0 Å². The van der Waals surface area contributed by atoms with Crippen LogP contribution < -0.4 is 0 Å². The molecule has 0 heterocycles. The molecule has 0 nitrogen and oxygen atoms in total. The molecular weight excluding hydrogens is 360 g/mol. The molecule has 0 unspecified atom stereocenters. The summed E-state index contributed by atoms with van der Waals surface area (Å²) in [4.78, 5) is 0. The van der Waals surface area contributed by atoms with Gasteiger partial charge in [0.05, 0.1) is 0 Å². The molecule has 10 rings (SSSR count). The van der Waals surface area contributed by atoms with E-state index in [2.05, 4.69) is 59.7 Å². The number of benzene rings is 1. The van der Waals surface area contributed by atoms with Gasteiger partial charge in [0.25, 0.3) is 0 Å². The van der Waals surface area contributed by atoms with Crippen LogP contribution in [0.25, 0.3) is 0 Å². The van der Waals surface area contributed by atoms with Gasteiger partial charge < -0.3 is 0 Å². The third-order valence-corrected chi connectivity index (χ3v) is 12.7. The Morgan fingerprint density at radius 2 is 0.633 bits per heavy atom. The fourth-order valence-electron chi connectivity index (χ4n) is 9.90. The zero-order chi connectivity index (χ0) is 20.9. The molecule has 0 aliphatic heterocycles. The Balaban J connectivity index is 1.23. The minimum atomic E-state index is 0.563. The average Bonchev–Trinajstić information content (AvgIpc) is 2.36. The van der Waals surface area contributed by atoms with E-state index in [4.69, 9.17) is 0 Å². The third-order valence-electron chi connectivity index (χ3n) is 12.7. The fraction of sp³-hybridized carbons (Fsp3) is 0.800. The van der Waals surface area contributed by atoms with Gasteiger partial charge in [-0.15, -0.1) is 0 Å². The molecule has 6 bridgehead atoms. The number of hydrogen-bond donors (Lipinski definition) is 0. The highest BCUT2D eigenvalue weighted by molar-refractivity contribution is 5.52. The predicted octanol–water partition coefficient (Wildman–Crippen LogP) is 7.92. The molecular formula is C30H42. The van der Waals surface area contributed by atoms with Crippen molar-refractivity contribution in [3.8, 4) is 0 Å². The van der Waals surface area contributed by atoms with Gasteiger partial charge in [-0.1, -0.05) is 59.7 Å². The van der Waals surface area contributed by atoms with Crippen LogP contribution in [0.2, 0.25) is 0 Å². The summed E-state index contributed by atoms with van der Waals surface area (Å²) in [5.74, 6) is 2.61. The fourth-order valence-corrected chi connectivity index (χ4v) is 9.90. The Hall–Kier alpha value is -0.780. The van der Waals surface area contributed by atoms with E-state index in [9.17, 15) is 0 Å². The van der Waals surface area contributed by atoms with Crippen molar-refractivity contribution in [2.75, 3.05) is 0 Å². The van der Waals surface area contributed by atoms with Crippen LogP contribution in [0.5, 0.6) is 0 Å².